The van der Waals surface area contributed by atoms with Gasteiger partial charge in [0.15, 0.2) is 0 Å². The second-order valence-corrected chi connectivity index (χ2v) is 4.95. The number of nitrogens with one attached hydrogen (secondary N) is 2. The summed E-state index contributed by atoms with van der Waals surface area (Å²) in [6.07, 6.45) is 7.05. The van der Waals surface area contributed by atoms with Crippen LogP contribution in [0, 0.1) is 0 Å². The van der Waals surface area contributed by atoms with Gasteiger partial charge in [0.2, 0.25) is 5.91 Å². The minimum Gasteiger partial charge on any atom is -0.373 e. The van der Waals surface area contributed by atoms with Gasteiger partial charge >= 0.3 is 0 Å². The highest BCUT2D eigenvalue weighted by Crippen LogP contribution is 2.04. The van der Waals surface area contributed by atoms with Crippen LogP contribution in [0.5, 0.6) is 0 Å². The van der Waals surface area contributed by atoms with E-state index in [2.05, 4.69) is 20.8 Å². The smallest absolute Gasteiger partial charge is 0.236 e. The predicted molar refractivity (Wildman–Crippen MR) is 96.8 cm³/mol. The molecule has 2 N–H and O–H groups in total. The zero-order valence-electron chi connectivity index (χ0n) is 13.3. The molecule has 2 rings (SSSR count). The van der Waals surface area contributed by atoms with Crippen LogP contribution in [0.3, 0.4) is 0 Å². The molecule has 0 bridgehead atoms. The summed E-state index contributed by atoms with van der Waals surface area (Å²) in [6, 6.07) is 7.59. The molecule has 2 aromatic heterocycles. The number of pyridine rings is 2. The Labute approximate surface area is 154 Å². The van der Waals surface area contributed by atoms with E-state index in [-0.39, 0.29) is 36.8 Å². The Balaban J connectivity index is 0.00000264. The van der Waals surface area contributed by atoms with E-state index in [9.17, 15) is 4.79 Å². The number of hydrogen-bond acceptors (Lipinski definition) is 5. The maximum Gasteiger partial charge on any atom is 0.236 e. The first kappa shape index (κ1) is 22.3. The van der Waals surface area contributed by atoms with Gasteiger partial charge in [0, 0.05) is 31.3 Å². The summed E-state index contributed by atoms with van der Waals surface area (Å²) >= 11 is 0. The van der Waals surface area contributed by atoms with Gasteiger partial charge in [0.1, 0.15) is 0 Å². The Morgan fingerprint density at radius 2 is 1.75 bits per heavy atom. The Morgan fingerprint density at radius 1 is 1.12 bits per heavy atom. The van der Waals surface area contributed by atoms with E-state index in [1.165, 1.54) is 0 Å². The lowest BCUT2D eigenvalue weighted by atomic mass is 10.2. The molecule has 0 saturated heterocycles. The minimum absolute atomic E-state index is 0. The number of rotatable bonds is 8. The van der Waals surface area contributed by atoms with Gasteiger partial charge in [0.25, 0.3) is 0 Å². The zero-order valence-corrected chi connectivity index (χ0v) is 15.0. The number of carbonyl (C=O) groups is 1. The van der Waals surface area contributed by atoms with Gasteiger partial charge in [-0.25, -0.2) is 5.43 Å². The van der Waals surface area contributed by atoms with Crippen LogP contribution >= 0.6 is 24.8 Å². The van der Waals surface area contributed by atoms with Gasteiger partial charge in [-0.3, -0.25) is 20.2 Å². The molecule has 1 atom stereocenters. The molecule has 1 amide bonds. The fourth-order valence-electron chi connectivity index (χ4n) is 1.84. The molecule has 2 aromatic rings. The summed E-state index contributed by atoms with van der Waals surface area (Å²) in [4.78, 5) is 19.8. The quantitative estimate of drug-likeness (QED) is 0.695. The summed E-state index contributed by atoms with van der Waals surface area (Å²) in [5.41, 5.74) is 7.52. The molecular formula is C16H22Cl2N4O2. The second kappa shape index (κ2) is 12.7. The average molecular weight is 373 g/mol. The highest BCUT2D eigenvalue weighted by atomic mass is 35.5. The molecule has 0 aromatic carbocycles. The topological polar surface area (TPSA) is 76.1 Å². The number of halogens is 2. The zero-order chi connectivity index (χ0) is 15.6. The number of carbonyl (C=O) groups excluding carboxylic acids is 1. The first-order valence-corrected chi connectivity index (χ1v) is 7.15. The molecule has 0 aliphatic rings. The van der Waals surface area contributed by atoms with E-state index in [0.29, 0.717) is 19.6 Å². The van der Waals surface area contributed by atoms with Crippen molar-refractivity contribution in [2.45, 2.75) is 32.6 Å². The van der Waals surface area contributed by atoms with Crippen LogP contribution in [0.25, 0.3) is 0 Å². The number of hydrogen-bond donors (Lipinski definition) is 2. The van der Waals surface area contributed by atoms with E-state index in [4.69, 9.17) is 4.74 Å². The Bertz CT molecular complexity index is 573. The van der Waals surface area contributed by atoms with Crippen LogP contribution in [0.2, 0.25) is 0 Å². The molecule has 6 nitrogen and oxygen atoms in total. The summed E-state index contributed by atoms with van der Waals surface area (Å²) in [5, 5.41) is 0. The monoisotopic (exact) mass is 372 g/mol. The lowest BCUT2D eigenvalue weighted by Gasteiger charge is -2.13. The van der Waals surface area contributed by atoms with Gasteiger partial charge in [-0.2, -0.15) is 0 Å². The van der Waals surface area contributed by atoms with E-state index in [0.717, 1.165) is 11.1 Å². The van der Waals surface area contributed by atoms with Crippen LogP contribution < -0.4 is 10.9 Å². The van der Waals surface area contributed by atoms with E-state index >= 15 is 0 Å². The molecular weight excluding hydrogens is 351 g/mol. The van der Waals surface area contributed by atoms with Gasteiger partial charge in [-0.05, 0) is 30.2 Å². The van der Waals surface area contributed by atoms with Gasteiger partial charge in [-0.15, -0.1) is 24.8 Å². The Kier molecular flexibility index (Phi) is 11.8. The van der Waals surface area contributed by atoms with Crippen LogP contribution in [0.4, 0.5) is 0 Å². The molecule has 0 radical (unpaired) electrons. The number of aromatic nitrogens is 2. The normalized spacial score (nSPS) is 10.9. The summed E-state index contributed by atoms with van der Waals surface area (Å²) in [6.45, 7) is 2.85. The third-order valence-corrected chi connectivity index (χ3v) is 2.97. The van der Waals surface area contributed by atoms with E-state index < -0.39 is 0 Å². The van der Waals surface area contributed by atoms with Crippen LogP contribution in [-0.2, 0) is 22.7 Å². The molecule has 0 aliphatic carbocycles. The molecule has 2 heterocycles. The molecule has 24 heavy (non-hydrogen) atoms. The Hall–Kier alpha value is -1.73. The lowest BCUT2D eigenvalue weighted by Crippen LogP contribution is -2.38. The summed E-state index contributed by atoms with van der Waals surface area (Å²) < 4.78 is 5.62. The molecule has 8 heteroatoms. The minimum atomic E-state index is -0.166. The number of hydrazine groups is 1. The summed E-state index contributed by atoms with van der Waals surface area (Å²) in [5.74, 6) is -0.109. The first-order valence-electron chi connectivity index (χ1n) is 7.15. The van der Waals surface area contributed by atoms with Crippen molar-refractivity contribution < 1.29 is 9.53 Å². The van der Waals surface area contributed by atoms with Crippen molar-refractivity contribution in [1.29, 1.82) is 0 Å². The van der Waals surface area contributed by atoms with Gasteiger partial charge in [-0.1, -0.05) is 12.1 Å². The van der Waals surface area contributed by atoms with Gasteiger partial charge in [0.05, 0.1) is 19.1 Å². The van der Waals surface area contributed by atoms with E-state index in [1.807, 2.05) is 31.2 Å². The number of nitrogens with zero attached hydrogens (tertiary/aromatic N) is 2. The van der Waals surface area contributed by atoms with Crippen molar-refractivity contribution in [2.75, 3.05) is 0 Å². The van der Waals surface area contributed by atoms with Crippen molar-refractivity contribution >= 4 is 30.7 Å². The van der Waals surface area contributed by atoms with Crippen molar-refractivity contribution in [1.82, 2.24) is 20.8 Å². The van der Waals surface area contributed by atoms with Crippen molar-refractivity contribution in [3.05, 3.63) is 60.2 Å². The van der Waals surface area contributed by atoms with Crippen LogP contribution in [0.1, 0.15) is 24.5 Å². The van der Waals surface area contributed by atoms with Crippen molar-refractivity contribution in [3.8, 4) is 0 Å². The van der Waals surface area contributed by atoms with Crippen LogP contribution in [0.15, 0.2) is 49.1 Å². The third-order valence-electron chi connectivity index (χ3n) is 2.97. The molecule has 0 saturated carbocycles. The van der Waals surface area contributed by atoms with E-state index in [1.54, 1.807) is 24.8 Å². The summed E-state index contributed by atoms with van der Waals surface area (Å²) in [7, 11) is 0. The molecule has 0 spiro atoms. The fraction of sp³-hybridized carbons (Fsp3) is 0.312. The molecule has 0 fully saturated rings. The molecule has 0 aliphatic heterocycles. The Morgan fingerprint density at radius 3 is 2.33 bits per heavy atom. The maximum absolute atomic E-state index is 11.8. The van der Waals surface area contributed by atoms with Crippen molar-refractivity contribution in [3.63, 3.8) is 0 Å². The standard InChI is InChI=1S/C16H20N4O2.2ClH/c1-13(22-12-15-5-3-7-18-10-15)8-16(21)20-19-11-14-4-2-6-17-9-14;;/h2-7,9-10,13,19H,8,11-12H2,1H3,(H,20,21);2*1H/t13-;;/m1../s1. The predicted octanol–water partition coefficient (Wildman–Crippen LogP) is 2.44. The average Bonchev–Trinajstić information content (AvgIpc) is 2.55. The number of amides is 1. The SMILES string of the molecule is C[C@H](CC(=O)NNCc1cccnc1)OCc1cccnc1.Cl.Cl. The highest BCUT2D eigenvalue weighted by Gasteiger charge is 2.09. The second-order valence-electron chi connectivity index (χ2n) is 4.95. The maximum atomic E-state index is 11.8. The fourth-order valence-corrected chi connectivity index (χ4v) is 1.84. The lowest BCUT2D eigenvalue weighted by molar-refractivity contribution is -0.124. The van der Waals surface area contributed by atoms with Crippen molar-refractivity contribution in [2.24, 2.45) is 0 Å². The van der Waals surface area contributed by atoms with Crippen LogP contribution in [-0.4, -0.2) is 22.0 Å². The largest absolute Gasteiger partial charge is 0.373 e. The number of ether oxygens (including phenoxy) is 1. The molecule has 132 valence electrons. The van der Waals surface area contributed by atoms with Gasteiger partial charge < -0.3 is 4.74 Å². The first-order chi connectivity index (χ1) is 10.7. The highest BCUT2D eigenvalue weighted by molar-refractivity contribution is 5.85. The third kappa shape index (κ3) is 8.79. The molecule has 0 unspecified atom stereocenters.